The minimum absolute atomic E-state index is 0. The van der Waals surface area contributed by atoms with Crippen LogP contribution in [-0.2, 0) is 32.9 Å². The number of nitrogens with zero attached hydrogens (tertiary/aromatic N) is 3. The fraction of sp³-hybridized carbons (Fsp3) is 0.312. The van der Waals surface area contributed by atoms with Crippen molar-refractivity contribution in [3.8, 4) is 33.8 Å². The molecule has 0 unspecified atom stereocenters. The third-order valence-electron chi connectivity index (χ3n) is 10.3. The molecule has 0 amide bonds. The summed E-state index contributed by atoms with van der Waals surface area (Å²) in [6.45, 7) is 16.1. The predicted molar refractivity (Wildman–Crippen MR) is 224 cm³/mol. The molecular formula is C48H51IrN3OSi-2. The molecule has 4 aromatic heterocycles. The van der Waals surface area contributed by atoms with Gasteiger partial charge in [0.1, 0.15) is 0 Å². The van der Waals surface area contributed by atoms with E-state index in [0.717, 1.165) is 68.0 Å². The molecule has 3 aromatic carbocycles. The minimum atomic E-state index is -1.35. The van der Waals surface area contributed by atoms with Crippen LogP contribution in [0.5, 0.6) is 0 Å². The van der Waals surface area contributed by atoms with Crippen molar-refractivity contribution in [1.29, 1.82) is 0 Å². The van der Waals surface area contributed by atoms with Gasteiger partial charge in [-0.3, -0.25) is 0 Å². The molecule has 7 aromatic rings. The van der Waals surface area contributed by atoms with E-state index in [1.807, 2.05) is 42.6 Å². The van der Waals surface area contributed by atoms with Gasteiger partial charge in [-0.2, -0.15) is 0 Å². The van der Waals surface area contributed by atoms with E-state index in [4.69, 9.17) is 14.4 Å². The van der Waals surface area contributed by atoms with E-state index in [0.29, 0.717) is 5.71 Å². The molecule has 8 rings (SSSR count). The second-order valence-electron chi connectivity index (χ2n) is 17.0. The average molecular weight is 906 g/mol. The monoisotopic (exact) mass is 906 g/mol. The number of aryl methyl sites for hydroxylation is 1. The fourth-order valence-corrected chi connectivity index (χ4v) is 9.31. The van der Waals surface area contributed by atoms with E-state index in [-0.39, 0.29) is 25.5 Å². The smallest absolute Gasteiger partial charge is 0.216 e. The van der Waals surface area contributed by atoms with Crippen LogP contribution in [0.3, 0.4) is 0 Å². The number of furan rings is 1. The number of aromatic nitrogens is 3. The third kappa shape index (κ3) is 9.17. The number of pyridine rings is 3. The first kappa shape index (κ1) is 39.5. The van der Waals surface area contributed by atoms with E-state index >= 15 is 0 Å². The number of fused-ring (bicyclic) bond motifs is 3. The third-order valence-corrected chi connectivity index (χ3v) is 12.3. The van der Waals surface area contributed by atoms with Crippen molar-refractivity contribution < 1.29 is 24.5 Å². The Morgan fingerprint density at radius 1 is 0.833 bits per heavy atom. The Balaban J connectivity index is 0.000000191. The van der Waals surface area contributed by atoms with Gasteiger partial charge in [-0.1, -0.05) is 138 Å². The van der Waals surface area contributed by atoms with Crippen LogP contribution in [0.2, 0.25) is 19.6 Å². The van der Waals surface area contributed by atoms with E-state index < -0.39 is 8.07 Å². The van der Waals surface area contributed by atoms with Gasteiger partial charge in [-0.15, -0.1) is 53.6 Å². The second-order valence-corrected chi connectivity index (χ2v) is 22.0. The van der Waals surface area contributed by atoms with Gasteiger partial charge in [0.05, 0.1) is 19.4 Å². The number of rotatable bonds is 7. The van der Waals surface area contributed by atoms with E-state index in [2.05, 4.69) is 125 Å². The van der Waals surface area contributed by atoms with Gasteiger partial charge in [0.15, 0.2) is 0 Å². The Hall–Kier alpha value is -4.22. The molecule has 4 heterocycles. The maximum atomic E-state index is 6.34. The van der Waals surface area contributed by atoms with E-state index in [1.54, 1.807) is 10.8 Å². The summed E-state index contributed by atoms with van der Waals surface area (Å²) in [5.74, 6) is 0.880. The van der Waals surface area contributed by atoms with Crippen LogP contribution in [0.15, 0.2) is 108 Å². The van der Waals surface area contributed by atoms with Crippen molar-refractivity contribution in [2.24, 2.45) is 11.3 Å². The molecule has 0 saturated heterocycles. The average Bonchev–Trinajstić information content (AvgIpc) is 3.80. The van der Waals surface area contributed by atoms with Crippen molar-refractivity contribution >= 4 is 35.3 Å². The predicted octanol–water partition coefficient (Wildman–Crippen LogP) is 12.2. The van der Waals surface area contributed by atoms with Crippen LogP contribution in [-0.4, -0.2) is 23.0 Å². The van der Waals surface area contributed by atoms with Crippen molar-refractivity contribution in [2.75, 3.05) is 0 Å². The number of hydrogen-bond acceptors (Lipinski definition) is 4. The number of benzene rings is 3. The minimum Gasteiger partial charge on any atom is -0.486 e. The molecule has 6 heteroatoms. The molecule has 54 heavy (non-hydrogen) atoms. The molecule has 4 nitrogen and oxygen atoms in total. The maximum absolute atomic E-state index is 6.34. The molecule has 0 bridgehead atoms. The summed E-state index contributed by atoms with van der Waals surface area (Å²) in [4.78, 5) is 14.2. The Bertz CT molecular complexity index is 2330. The van der Waals surface area contributed by atoms with Crippen LogP contribution in [0, 0.1) is 30.4 Å². The van der Waals surface area contributed by atoms with Crippen LogP contribution >= 0.6 is 0 Å². The number of hydrogen-bond donors (Lipinski definition) is 0. The molecule has 0 aliphatic heterocycles. The molecular weight excluding hydrogens is 855 g/mol. The summed E-state index contributed by atoms with van der Waals surface area (Å²) >= 11 is 0. The quantitative estimate of drug-likeness (QED) is 0.118. The zero-order chi connectivity index (χ0) is 37.2. The molecule has 0 N–H and O–H groups in total. The van der Waals surface area contributed by atoms with Crippen LogP contribution in [0.1, 0.15) is 63.1 Å². The van der Waals surface area contributed by atoms with Gasteiger partial charge in [-0.05, 0) is 58.9 Å². The van der Waals surface area contributed by atoms with Crippen LogP contribution in [0.25, 0.3) is 55.8 Å². The Morgan fingerprint density at radius 3 is 2.30 bits per heavy atom. The Morgan fingerprint density at radius 2 is 1.59 bits per heavy atom. The summed E-state index contributed by atoms with van der Waals surface area (Å²) in [6.07, 6.45) is 11.9. The molecule has 1 radical (unpaired) electrons. The van der Waals surface area contributed by atoms with Crippen LogP contribution in [0.4, 0.5) is 0 Å². The molecule has 279 valence electrons. The van der Waals surface area contributed by atoms with Gasteiger partial charge in [-0.25, -0.2) is 4.98 Å². The van der Waals surface area contributed by atoms with Crippen molar-refractivity contribution in [1.82, 2.24) is 15.0 Å². The van der Waals surface area contributed by atoms with Gasteiger partial charge in [0, 0.05) is 43.4 Å². The molecule has 0 atom stereocenters. The summed E-state index contributed by atoms with van der Waals surface area (Å²) < 4.78 is 6.34. The normalized spacial score (nSPS) is 13.5. The Labute approximate surface area is 336 Å². The van der Waals surface area contributed by atoms with Gasteiger partial charge in [0.2, 0.25) is 5.71 Å². The summed E-state index contributed by atoms with van der Waals surface area (Å²) in [7, 11) is -1.35. The molecule has 0 spiro atoms. The zero-order valence-corrected chi connectivity index (χ0v) is 36.1. The van der Waals surface area contributed by atoms with E-state index in [9.17, 15) is 0 Å². The first-order chi connectivity index (χ1) is 25.4. The maximum Gasteiger partial charge on any atom is 0.216 e. The molecule has 1 aliphatic carbocycles. The molecule has 1 aliphatic rings. The molecule has 1 saturated carbocycles. The molecule has 1 fully saturated rings. The van der Waals surface area contributed by atoms with Gasteiger partial charge in [0.25, 0.3) is 0 Å². The van der Waals surface area contributed by atoms with Crippen molar-refractivity contribution in [3.63, 3.8) is 0 Å². The van der Waals surface area contributed by atoms with Gasteiger partial charge < -0.3 is 14.4 Å². The Kier molecular flexibility index (Phi) is 12.2. The first-order valence-corrected chi connectivity index (χ1v) is 22.6. The van der Waals surface area contributed by atoms with Crippen molar-refractivity contribution in [3.05, 3.63) is 132 Å². The summed E-state index contributed by atoms with van der Waals surface area (Å²) in [6, 6.07) is 37.8. The fourth-order valence-electron chi connectivity index (χ4n) is 7.72. The van der Waals surface area contributed by atoms with Crippen LogP contribution < -0.4 is 5.19 Å². The zero-order valence-electron chi connectivity index (χ0n) is 32.7. The van der Waals surface area contributed by atoms with Gasteiger partial charge >= 0.3 is 0 Å². The topological polar surface area (TPSA) is 51.8 Å². The van der Waals surface area contributed by atoms with E-state index in [1.165, 1.54) is 37.7 Å². The largest absolute Gasteiger partial charge is 0.486 e. The summed E-state index contributed by atoms with van der Waals surface area (Å²) in [5.41, 5.74) is 11.5. The standard InChI is InChI=1S/C28H25N2O.C20H26NSi.Ir/c1-18-10-11-21(24-16-19(14-15-29-24)17-28(2,3)4)26-25(18)22-12-13-23(30-27(22)31-26)20-8-6-5-7-9-20;1-22(2,3)20-15-21-19(17-11-5-4-6-12-17)14-18(20)13-16-9-7-8-10-16;/h5-10,12-16H,17H2,1-4H3;4-6,11,14-16H,7-10,13H2,1-3H3;/q2*-1;. The summed E-state index contributed by atoms with van der Waals surface area (Å²) in [5, 5.41) is 3.64. The second kappa shape index (κ2) is 16.6. The first-order valence-electron chi connectivity index (χ1n) is 19.1. The van der Waals surface area contributed by atoms with Crippen molar-refractivity contribution in [2.45, 2.75) is 85.9 Å². The SMILES string of the molecule is C[Si](C)(C)c1cnc(-c2[c-]cccc2)cc1CC1CCCC1.Cc1c[c-]c(-c2cc(CC(C)(C)C)ccn2)c2oc3nc(-c4ccccc4)ccc3c12.[Ir].